The average molecular weight is 503 g/mol. The molecule has 1 aliphatic carbocycles. The third-order valence-electron chi connectivity index (χ3n) is 5.72. The summed E-state index contributed by atoms with van der Waals surface area (Å²) in [5, 5.41) is 0. The second-order valence-electron chi connectivity index (χ2n) is 8.59. The lowest BCUT2D eigenvalue weighted by Gasteiger charge is -2.11. The van der Waals surface area contributed by atoms with Gasteiger partial charge in [-0.2, -0.15) is 0 Å². The Morgan fingerprint density at radius 3 is 1.24 bits per heavy atom. The van der Waals surface area contributed by atoms with Crippen molar-refractivity contribution in [2.45, 2.75) is 35.5 Å². The van der Waals surface area contributed by atoms with Gasteiger partial charge in [-0.15, -0.1) is 0 Å². The smallest absolute Gasteiger partial charge is 0.242 e. The van der Waals surface area contributed by atoms with Crippen LogP contribution >= 0.6 is 0 Å². The highest BCUT2D eigenvalue weighted by Crippen LogP contribution is 2.28. The van der Waals surface area contributed by atoms with Gasteiger partial charge in [0.1, 0.15) is 0 Å². The fourth-order valence-electron chi connectivity index (χ4n) is 3.64. The molecule has 0 N–H and O–H groups in total. The second-order valence-corrected chi connectivity index (χ2v) is 12.9. The normalized spacial score (nSPS) is 18.1. The minimum Gasteiger partial charge on any atom is -0.289 e. The monoisotopic (exact) mass is 502 g/mol. The molecular weight excluding hydrogens is 472 g/mol. The lowest BCUT2D eigenvalue weighted by molar-refractivity contribution is -0.112. The van der Waals surface area contributed by atoms with Crippen LogP contribution in [-0.2, 0) is 24.8 Å². The van der Waals surface area contributed by atoms with Gasteiger partial charge in [0, 0.05) is 39.3 Å². The van der Waals surface area contributed by atoms with Gasteiger partial charge in [-0.05, 0) is 73.2 Å². The van der Waals surface area contributed by atoms with E-state index in [9.17, 15) is 21.6 Å². The number of ketones is 1. The van der Waals surface area contributed by atoms with E-state index in [0.717, 1.165) is 32.6 Å². The second kappa shape index (κ2) is 10.4. The highest BCUT2D eigenvalue weighted by Gasteiger charge is 2.21. The molecule has 0 unspecified atom stereocenters. The molecule has 0 bridgehead atoms. The zero-order valence-electron chi connectivity index (χ0n) is 19.9. The van der Waals surface area contributed by atoms with E-state index in [2.05, 4.69) is 0 Å². The lowest BCUT2D eigenvalue weighted by atomic mass is 9.98. The van der Waals surface area contributed by atoms with Gasteiger partial charge in [0.15, 0.2) is 5.78 Å². The van der Waals surface area contributed by atoms with Crippen LogP contribution in [0.3, 0.4) is 0 Å². The van der Waals surface area contributed by atoms with E-state index in [1.54, 1.807) is 48.5 Å². The van der Waals surface area contributed by atoms with Crippen molar-refractivity contribution in [2.24, 2.45) is 0 Å². The Kier molecular flexibility index (Phi) is 7.92. The first kappa shape index (κ1) is 26.0. The Hall–Kier alpha value is -2.59. The number of hydrogen-bond acceptors (Lipinski definition) is 5. The Balaban J connectivity index is 1.87. The van der Waals surface area contributed by atoms with E-state index in [4.69, 9.17) is 0 Å². The van der Waals surface area contributed by atoms with Crippen LogP contribution in [0.15, 0.2) is 69.5 Å². The number of carbonyl (C=O) groups is 1. The Morgan fingerprint density at radius 2 is 0.941 bits per heavy atom. The fourth-order valence-corrected chi connectivity index (χ4v) is 5.44. The van der Waals surface area contributed by atoms with E-state index in [1.807, 2.05) is 12.2 Å². The van der Waals surface area contributed by atoms with E-state index < -0.39 is 20.0 Å². The molecule has 1 saturated carbocycles. The van der Waals surface area contributed by atoms with Crippen LogP contribution in [-0.4, -0.2) is 59.4 Å². The summed E-state index contributed by atoms with van der Waals surface area (Å²) in [4.78, 5) is 13.6. The van der Waals surface area contributed by atoms with Gasteiger partial charge >= 0.3 is 0 Å². The number of allylic oxidation sites excluding steroid dienone is 2. The first-order valence-corrected chi connectivity index (χ1v) is 13.8. The molecule has 2 aromatic carbocycles. The maximum absolute atomic E-state index is 13.2. The Labute approximate surface area is 202 Å². The van der Waals surface area contributed by atoms with Crippen molar-refractivity contribution in [1.82, 2.24) is 8.61 Å². The number of hydrogen-bond donors (Lipinski definition) is 0. The van der Waals surface area contributed by atoms with Gasteiger partial charge in [-0.25, -0.2) is 25.4 Å². The first-order valence-electron chi connectivity index (χ1n) is 10.9. The van der Waals surface area contributed by atoms with Crippen molar-refractivity contribution < 1.29 is 21.6 Å². The van der Waals surface area contributed by atoms with E-state index in [0.29, 0.717) is 24.0 Å². The van der Waals surface area contributed by atoms with Gasteiger partial charge in [-0.3, -0.25) is 4.79 Å². The number of carbonyl (C=O) groups excluding carboxylic acids is 1. The quantitative estimate of drug-likeness (QED) is 0.443. The summed E-state index contributed by atoms with van der Waals surface area (Å²) in [7, 11) is -1.08. The molecule has 3 rings (SSSR count). The summed E-state index contributed by atoms with van der Waals surface area (Å²) in [6, 6.07) is 13.0. The van der Waals surface area contributed by atoms with Crippen molar-refractivity contribution in [3.05, 3.63) is 70.8 Å². The summed E-state index contributed by atoms with van der Waals surface area (Å²) >= 11 is 0. The lowest BCUT2D eigenvalue weighted by Crippen LogP contribution is -2.22. The largest absolute Gasteiger partial charge is 0.289 e. The van der Waals surface area contributed by atoms with Crippen molar-refractivity contribution in [2.75, 3.05) is 28.2 Å². The highest BCUT2D eigenvalue weighted by molar-refractivity contribution is 7.89. The maximum atomic E-state index is 13.2. The third-order valence-corrected chi connectivity index (χ3v) is 9.38. The number of rotatable bonds is 6. The van der Waals surface area contributed by atoms with Gasteiger partial charge in [-0.1, -0.05) is 24.3 Å². The van der Waals surface area contributed by atoms with Crippen molar-refractivity contribution in [3.63, 3.8) is 0 Å². The molecule has 1 fully saturated rings. The molecule has 182 valence electrons. The van der Waals surface area contributed by atoms with E-state index >= 15 is 0 Å². The molecule has 0 atom stereocenters. The fraction of sp³-hybridized carbons (Fsp3) is 0.320. The molecule has 0 amide bonds. The average Bonchev–Trinajstić information content (AvgIpc) is 2.96. The standard InChI is InChI=1S/C25H30N2O5S2/c1-26(2)33(29,30)23-13-9-19(10-14-23)17-21-7-5-6-8-22(25(21)28)18-20-11-15-24(16-12-20)34(31,32)27(3)4/h9-18H,5-8H2,1-4H3/b21-17+,22-18+. The van der Waals surface area contributed by atoms with Crippen LogP contribution in [0.4, 0.5) is 0 Å². The Morgan fingerprint density at radius 1 is 0.618 bits per heavy atom. The molecule has 0 aliphatic heterocycles. The predicted octanol–water partition coefficient (Wildman–Crippen LogP) is 3.80. The molecule has 0 radical (unpaired) electrons. The third kappa shape index (κ3) is 5.72. The number of Topliss-reactive ketones (excluding diaryl/α,β-unsaturated/α-hetero) is 1. The molecule has 2 aromatic rings. The minimum absolute atomic E-state index is 0.0347. The number of sulfonamides is 2. The van der Waals surface area contributed by atoms with Crippen LogP contribution in [0.5, 0.6) is 0 Å². The van der Waals surface area contributed by atoms with Crippen LogP contribution in [0.25, 0.3) is 12.2 Å². The molecule has 0 aromatic heterocycles. The van der Waals surface area contributed by atoms with E-state index in [1.165, 1.54) is 28.2 Å². The van der Waals surface area contributed by atoms with Crippen molar-refractivity contribution >= 4 is 38.0 Å². The van der Waals surface area contributed by atoms with Crippen LogP contribution < -0.4 is 0 Å². The topological polar surface area (TPSA) is 91.8 Å². The minimum atomic E-state index is -3.51. The molecule has 9 heteroatoms. The summed E-state index contributed by atoms with van der Waals surface area (Å²) in [6.45, 7) is 0. The molecule has 7 nitrogen and oxygen atoms in total. The zero-order valence-corrected chi connectivity index (χ0v) is 21.5. The zero-order chi connectivity index (χ0) is 25.1. The molecule has 34 heavy (non-hydrogen) atoms. The molecule has 0 spiro atoms. The van der Waals surface area contributed by atoms with Gasteiger partial charge in [0.25, 0.3) is 0 Å². The maximum Gasteiger partial charge on any atom is 0.242 e. The Bertz CT molecular complexity index is 1220. The van der Waals surface area contributed by atoms with Gasteiger partial charge < -0.3 is 0 Å². The number of benzene rings is 2. The molecule has 0 saturated heterocycles. The molecular formula is C25H30N2O5S2. The van der Waals surface area contributed by atoms with Crippen LogP contribution in [0.2, 0.25) is 0 Å². The predicted molar refractivity (Wildman–Crippen MR) is 134 cm³/mol. The summed E-state index contributed by atoms with van der Waals surface area (Å²) in [6.07, 6.45) is 6.69. The summed E-state index contributed by atoms with van der Waals surface area (Å²) in [5.41, 5.74) is 2.89. The SMILES string of the molecule is CN(C)S(=O)(=O)c1ccc(/C=C2\CCCC/C(=C\c3ccc(S(=O)(=O)N(C)C)cc3)C2=O)cc1. The van der Waals surface area contributed by atoms with Gasteiger partial charge in [0.05, 0.1) is 9.79 Å². The van der Waals surface area contributed by atoms with Crippen LogP contribution in [0, 0.1) is 0 Å². The van der Waals surface area contributed by atoms with Crippen molar-refractivity contribution in [3.8, 4) is 0 Å². The summed E-state index contributed by atoms with van der Waals surface area (Å²) < 4.78 is 51.4. The summed E-state index contributed by atoms with van der Waals surface area (Å²) in [5.74, 6) is -0.0347. The van der Waals surface area contributed by atoms with Crippen molar-refractivity contribution in [1.29, 1.82) is 0 Å². The molecule has 0 heterocycles. The van der Waals surface area contributed by atoms with Gasteiger partial charge in [0.2, 0.25) is 20.0 Å². The highest BCUT2D eigenvalue weighted by atomic mass is 32.2. The first-order chi connectivity index (χ1) is 15.9. The number of nitrogens with zero attached hydrogens (tertiary/aromatic N) is 2. The molecule has 1 aliphatic rings. The van der Waals surface area contributed by atoms with E-state index in [-0.39, 0.29) is 15.6 Å². The van der Waals surface area contributed by atoms with Crippen LogP contribution in [0.1, 0.15) is 36.8 Å².